The average molecular weight is 248 g/mol. The molecule has 1 aromatic carbocycles. The summed E-state index contributed by atoms with van der Waals surface area (Å²) in [7, 11) is 0. The van der Waals surface area contributed by atoms with Crippen molar-refractivity contribution in [1.82, 2.24) is 5.32 Å². The molecule has 0 radical (unpaired) electrons. The van der Waals surface area contributed by atoms with Crippen LogP contribution in [0.5, 0.6) is 0 Å². The first-order valence-electron chi connectivity index (χ1n) is 5.75. The van der Waals surface area contributed by atoms with Gasteiger partial charge in [-0.3, -0.25) is 0 Å². The Morgan fingerprint density at radius 2 is 2.33 bits per heavy atom. The van der Waals surface area contributed by atoms with Crippen LogP contribution in [0.1, 0.15) is 18.1 Å². The maximum Gasteiger partial charge on any atom is 0.127 e. The molecule has 0 unspecified atom stereocenters. The molecule has 1 rings (SSSR count). The Kier molecular flexibility index (Phi) is 6.06. The maximum atomic E-state index is 13.4. The number of hydrogen-bond donors (Lipinski definition) is 1. The average Bonchev–Trinajstić information content (AvgIpc) is 2.35. The van der Waals surface area contributed by atoms with E-state index in [4.69, 9.17) is 10.00 Å². The van der Waals surface area contributed by atoms with Crippen LogP contribution in [0, 0.1) is 17.1 Å². The van der Waals surface area contributed by atoms with Gasteiger partial charge in [-0.25, -0.2) is 4.39 Å². The van der Waals surface area contributed by atoms with Gasteiger partial charge < -0.3 is 10.1 Å². The van der Waals surface area contributed by atoms with E-state index in [1.165, 1.54) is 12.1 Å². The van der Waals surface area contributed by atoms with E-state index >= 15 is 0 Å². The SMILES string of the molecule is C=C(C)COCCNCc1cc(C#N)ccc1F. The van der Waals surface area contributed by atoms with Crippen LogP contribution in [0.25, 0.3) is 0 Å². The molecule has 4 heteroatoms. The quantitative estimate of drug-likeness (QED) is 0.595. The zero-order valence-electron chi connectivity index (χ0n) is 10.5. The van der Waals surface area contributed by atoms with E-state index < -0.39 is 0 Å². The van der Waals surface area contributed by atoms with Gasteiger partial charge in [0.2, 0.25) is 0 Å². The molecule has 0 saturated heterocycles. The van der Waals surface area contributed by atoms with E-state index in [9.17, 15) is 4.39 Å². The predicted molar refractivity (Wildman–Crippen MR) is 68.5 cm³/mol. The van der Waals surface area contributed by atoms with Crippen molar-refractivity contribution in [1.29, 1.82) is 5.26 Å². The molecule has 96 valence electrons. The van der Waals surface area contributed by atoms with E-state index in [1.54, 1.807) is 6.07 Å². The van der Waals surface area contributed by atoms with Crippen LogP contribution in [-0.2, 0) is 11.3 Å². The Labute approximate surface area is 107 Å². The lowest BCUT2D eigenvalue weighted by Crippen LogP contribution is -2.20. The van der Waals surface area contributed by atoms with Crippen LogP contribution in [0.15, 0.2) is 30.4 Å². The van der Waals surface area contributed by atoms with Gasteiger partial charge in [-0.05, 0) is 25.1 Å². The van der Waals surface area contributed by atoms with Crippen molar-refractivity contribution in [3.63, 3.8) is 0 Å². The molecule has 0 spiro atoms. The van der Waals surface area contributed by atoms with Gasteiger partial charge in [0.1, 0.15) is 5.82 Å². The number of hydrogen-bond acceptors (Lipinski definition) is 3. The lowest BCUT2D eigenvalue weighted by molar-refractivity contribution is 0.157. The third kappa shape index (κ3) is 5.09. The molecule has 0 saturated carbocycles. The molecule has 0 aromatic heterocycles. The molecular formula is C14H17FN2O. The van der Waals surface area contributed by atoms with Gasteiger partial charge in [0, 0.05) is 18.7 Å². The Hall–Kier alpha value is -1.70. The van der Waals surface area contributed by atoms with Gasteiger partial charge in [0.25, 0.3) is 0 Å². The largest absolute Gasteiger partial charge is 0.376 e. The van der Waals surface area contributed by atoms with E-state index in [1.807, 2.05) is 13.0 Å². The number of halogens is 1. The third-order valence-corrected chi connectivity index (χ3v) is 2.26. The minimum absolute atomic E-state index is 0.302. The summed E-state index contributed by atoms with van der Waals surface area (Å²) in [6, 6.07) is 6.32. The first-order valence-corrected chi connectivity index (χ1v) is 5.75. The predicted octanol–water partition coefficient (Wildman–Crippen LogP) is 2.38. The fraction of sp³-hybridized carbons (Fsp3) is 0.357. The molecule has 0 fully saturated rings. The van der Waals surface area contributed by atoms with Crippen molar-refractivity contribution < 1.29 is 9.13 Å². The fourth-order valence-corrected chi connectivity index (χ4v) is 1.39. The second-order valence-corrected chi connectivity index (χ2v) is 4.10. The molecule has 0 heterocycles. The maximum absolute atomic E-state index is 13.4. The van der Waals surface area contributed by atoms with Crippen LogP contribution < -0.4 is 5.32 Å². The minimum atomic E-state index is -0.302. The lowest BCUT2D eigenvalue weighted by atomic mass is 10.1. The molecule has 0 aliphatic heterocycles. The topological polar surface area (TPSA) is 45.0 Å². The summed E-state index contributed by atoms with van der Waals surface area (Å²) in [5, 5.41) is 11.8. The normalized spacial score (nSPS) is 10.1. The van der Waals surface area contributed by atoms with E-state index in [2.05, 4.69) is 11.9 Å². The van der Waals surface area contributed by atoms with E-state index in [0.29, 0.717) is 37.4 Å². The first-order chi connectivity index (χ1) is 8.63. The summed E-state index contributed by atoms with van der Waals surface area (Å²) in [5.74, 6) is -0.302. The van der Waals surface area contributed by atoms with Gasteiger partial charge in [-0.15, -0.1) is 0 Å². The van der Waals surface area contributed by atoms with Gasteiger partial charge in [0.15, 0.2) is 0 Å². The van der Waals surface area contributed by atoms with Gasteiger partial charge in [0.05, 0.1) is 24.8 Å². The molecule has 18 heavy (non-hydrogen) atoms. The highest BCUT2D eigenvalue weighted by Crippen LogP contribution is 2.09. The van der Waals surface area contributed by atoms with Crippen molar-refractivity contribution in [2.75, 3.05) is 19.8 Å². The Balaban J connectivity index is 2.31. The van der Waals surface area contributed by atoms with Gasteiger partial charge >= 0.3 is 0 Å². The standard InChI is InChI=1S/C14H17FN2O/c1-11(2)10-18-6-5-17-9-13-7-12(8-16)3-4-14(13)15/h3-4,7,17H,1,5-6,9-10H2,2H3. The van der Waals surface area contributed by atoms with Crippen LogP contribution in [-0.4, -0.2) is 19.8 Å². The second kappa shape index (κ2) is 7.59. The highest BCUT2D eigenvalue weighted by molar-refractivity contribution is 5.33. The summed E-state index contributed by atoms with van der Waals surface area (Å²) in [6.07, 6.45) is 0. The van der Waals surface area contributed by atoms with Crippen LogP contribution in [0.2, 0.25) is 0 Å². The molecule has 0 aliphatic rings. The zero-order chi connectivity index (χ0) is 13.4. The second-order valence-electron chi connectivity index (χ2n) is 4.10. The third-order valence-electron chi connectivity index (χ3n) is 2.26. The summed E-state index contributed by atoms with van der Waals surface area (Å²) in [5.41, 5.74) is 1.93. The number of nitriles is 1. The molecule has 0 aliphatic carbocycles. The fourth-order valence-electron chi connectivity index (χ4n) is 1.39. The highest BCUT2D eigenvalue weighted by Gasteiger charge is 2.02. The van der Waals surface area contributed by atoms with Crippen molar-refractivity contribution in [2.24, 2.45) is 0 Å². The molecule has 0 amide bonds. The Bertz CT molecular complexity index is 452. The monoisotopic (exact) mass is 248 g/mol. The molecule has 1 aromatic rings. The van der Waals surface area contributed by atoms with Crippen LogP contribution in [0.4, 0.5) is 4.39 Å². The molecule has 0 atom stereocenters. The summed E-state index contributed by atoms with van der Waals surface area (Å²) < 4.78 is 18.7. The first kappa shape index (κ1) is 14.4. The molecule has 1 N–H and O–H groups in total. The minimum Gasteiger partial charge on any atom is -0.376 e. The Morgan fingerprint density at radius 1 is 1.56 bits per heavy atom. The number of nitrogens with zero attached hydrogens (tertiary/aromatic N) is 1. The molecule has 0 bridgehead atoms. The van der Waals surface area contributed by atoms with Crippen molar-refractivity contribution >= 4 is 0 Å². The summed E-state index contributed by atoms with van der Waals surface area (Å²) in [4.78, 5) is 0. The Morgan fingerprint density at radius 3 is 3.00 bits per heavy atom. The smallest absolute Gasteiger partial charge is 0.127 e. The van der Waals surface area contributed by atoms with Crippen LogP contribution >= 0.6 is 0 Å². The van der Waals surface area contributed by atoms with Crippen LogP contribution in [0.3, 0.4) is 0 Å². The van der Waals surface area contributed by atoms with Crippen molar-refractivity contribution in [3.05, 3.63) is 47.3 Å². The lowest BCUT2D eigenvalue weighted by Gasteiger charge is -2.07. The van der Waals surface area contributed by atoms with E-state index in [0.717, 1.165) is 5.57 Å². The van der Waals surface area contributed by atoms with Gasteiger partial charge in [-0.2, -0.15) is 5.26 Å². The number of nitrogens with one attached hydrogen (secondary N) is 1. The number of ether oxygens (including phenoxy) is 1. The number of benzene rings is 1. The highest BCUT2D eigenvalue weighted by atomic mass is 19.1. The zero-order valence-corrected chi connectivity index (χ0v) is 10.5. The van der Waals surface area contributed by atoms with E-state index in [-0.39, 0.29) is 5.82 Å². The summed E-state index contributed by atoms with van der Waals surface area (Å²) in [6.45, 7) is 7.73. The van der Waals surface area contributed by atoms with Gasteiger partial charge in [-0.1, -0.05) is 12.2 Å². The van der Waals surface area contributed by atoms with Crippen molar-refractivity contribution in [3.8, 4) is 6.07 Å². The molecule has 3 nitrogen and oxygen atoms in total. The number of rotatable bonds is 7. The molecular weight excluding hydrogens is 231 g/mol. The summed E-state index contributed by atoms with van der Waals surface area (Å²) >= 11 is 0. The van der Waals surface area contributed by atoms with Crippen molar-refractivity contribution in [2.45, 2.75) is 13.5 Å².